The summed E-state index contributed by atoms with van der Waals surface area (Å²) in [4.78, 5) is 27.9. The number of hydrogen-bond acceptors (Lipinski definition) is 8. The standard InChI is InChI=1S/C53H56O8P2/c1-33-20-34(2)25-43(24-33)62(44-26-35(3)21-36(4)27-44)60-48-47(32-57-51(54)41-16-12-10-13-17-41)58-53(56-9)50(59-52(55)42-18-14-11-15-19-42)49(48)61-63(45-28-37(5)22-38(6)29-45)46-30-39(7)23-40(8)31-46/h10-31,47-50,53H,32H2,1-9H3. The summed E-state index contributed by atoms with van der Waals surface area (Å²) in [6.07, 6.45) is -5.18. The van der Waals surface area contributed by atoms with Gasteiger partial charge in [-0.2, -0.15) is 0 Å². The molecule has 1 aliphatic heterocycles. The van der Waals surface area contributed by atoms with Crippen molar-refractivity contribution in [3.05, 3.63) is 189 Å². The van der Waals surface area contributed by atoms with Crippen LogP contribution in [0.2, 0.25) is 0 Å². The number of aryl methyl sites for hydroxylation is 8. The van der Waals surface area contributed by atoms with Gasteiger partial charge in [0.1, 0.15) is 24.9 Å². The number of methoxy groups -OCH3 is 1. The number of carbonyl (C=O) groups excluding carboxylic acids is 2. The van der Waals surface area contributed by atoms with Gasteiger partial charge in [0.2, 0.25) is 0 Å². The number of esters is 2. The zero-order chi connectivity index (χ0) is 44.8. The van der Waals surface area contributed by atoms with E-state index in [1.807, 2.05) is 12.1 Å². The van der Waals surface area contributed by atoms with Crippen LogP contribution < -0.4 is 21.2 Å². The molecule has 8 nitrogen and oxygen atoms in total. The van der Waals surface area contributed by atoms with Crippen LogP contribution in [0.5, 0.6) is 0 Å². The second-order valence-corrected chi connectivity index (χ2v) is 20.3. The Labute approximate surface area is 374 Å². The van der Waals surface area contributed by atoms with Crippen molar-refractivity contribution in [2.75, 3.05) is 13.7 Å². The molecular weight excluding hydrogens is 827 g/mol. The highest BCUT2D eigenvalue weighted by molar-refractivity contribution is 7.69. The Kier molecular flexibility index (Phi) is 15.1. The van der Waals surface area contributed by atoms with Crippen LogP contribution in [0.3, 0.4) is 0 Å². The smallest absolute Gasteiger partial charge is 0.338 e. The number of benzene rings is 6. The lowest BCUT2D eigenvalue weighted by molar-refractivity contribution is -0.283. The first kappa shape index (κ1) is 46.0. The minimum Gasteiger partial charge on any atom is -0.459 e. The molecule has 1 aliphatic rings. The van der Waals surface area contributed by atoms with E-state index in [9.17, 15) is 9.59 Å². The van der Waals surface area contributed by atoms with Crippen LogP contribution in [0, 0.1) is 55.4 Å². The van der Waals surface area contributed by atoms with E-state index in [2.05, 4.69) is 128 Å². The lowest BCUT2D eigenvalue weighted by Crippen LogP contribution is -2.62. The first-order valence-electron chi connectivity index (χ1n) is 21.2. The Bertz CT molecular complexity index is 2360. The van der Waals surface area contributed by atoms with E-state index in [1.54, 1.807) is 48.5 Å². The van der Waals surface area contributed by atoms with Gasteiger partial charge in [0.05, 0.1) is 27.4 Å². The monoisotopic (exact) mass is 882 g/mol. The molecule has 1 fully saturated rings. The molecule has 7 rings (SSSR count). The number of carbonyl (C=O) groups is 2. The van der Waals surface area contributed by atoms with Crippen LogP contribution in [0.1, 0.15) is 65.2 Å². The van der Waals surface area contributed by atoms with Gasteiger partial charge in [0.15, 0.2) is 12.4 Å². The number of ether oxygens (including phenoxy) is 4. The molecule has 5 unspecified atom stereocenters. The first-order chi connectivity index (χ1) is 30.2. The quantitative estimate of drug-likeness (QED) is 0.0790. The van der Waals surface area contributed by atoms with Crippen molar-refractivity contribution in [3.8, 4) is 0 Å². The molecule has 63 heavy (non-hydrogen) atoms. The second kappa shape index (κ2) is 20.6. The molecule has 0 N–H and O–H groups in total. The molecule has 6 aromatic rings. The highest BCUT2D eigenvalue weighted by atomic mass is 31.1. The van der Waals surface area contributed by atoms with Crippen molar-refractivity contribution in [1.82, 2.24) is 0 Å². The summed E-state index contributed by atoms with van der Waals surface area (Å²) in [5.41, 5.74) is 9.48. The topological polar surface area (TPSA) is 89.5 Å². The minimum atomic E-state index is -1.61. The lowest BCUT2D eigenvalue weighted by Gasteiger charge is -2.46. The van der Waals surface area contributed by atoms with E-state index < -0.39 is 58.9 Å². The normalized spacial score (nSPS) is 18.7. The van der Waals surface area contributed by atoms with E-state index >= 15 is 0 Å². The molecule has 0 bridgehead atoms. The predicted molar refractivity (Wildman–Crippen MR) is 254 cm³/mol. The van der Waals surface area contributed by atoms with Gasteiger partial charge in [-0.25, -0.2) is 9.59 Å². The maximum absolute atomic E-state index is 14.2. The van der Waals surface area contributed by atoms with Crippen molar-refractivity contribution < 1.29 is 37.6 Å². The fraction of sp³-hybridized carbons (Fsp3) is 0.283. The van der Waals surface area contributed by atoms with Gasteiger partial charge in [-0.3, -0.25) is 0 Å². The summed E-state index contributed by atoms with van der Waals surface area (Å²) in [5.74, 6) is -1.08. The van der Waals surface area contributed by atoms with E-state index in [-0.39, 0.29) is 6.61 Å². The molecule has 0 aliphatic carbocycles. The van der Waals surface area contributed by atoms with Crippen molar-refractivity contribution in [2.45, 2.75) is 86.1 Å². The van der Waals surface area contributed by atoms with E-state index in [0.717, 1.165) is 65.7 Å². The van der Waals surface area contributed by atoms with Crippen molar-refractivity contribution in [2.24, 2.45) is 0 Å². The van der Waals surface area contributed by atoms with Gasteiger partial charge in [0, 0.05) is 28.3 Å². The maximum Gasteiger partial charge on any atom is 0.338 e. The van der Waals surface area contributed by atoms with Gasteiger partial charge in [-0.15, -0.1) is 0 Å². The molecule has 10 heteroatoms. The summed E-state index contributed by atoms with van der Waals surface area (Å²) in [6.45, 7) is 16.4. The third-order valence-corrected chi connectivity index (χ3v) is 14.5. The largest absolute Gasteiger partial charge is 0.459 e. The molecule has 1 heterocycles. The van der Waals surface area contributed by atoms with E-state index in [0.29, 0.717) is 11.1 Å². The van der Waals surface area contributed by atoms with Crippen LogP contribution in [0.15, 0.2) is 133 Å². The number of rotatable bonds is 14. The summed E-state index contributed by atoms with van der Waals surface area (Å²) in [6, 6.07) is 43.5. The van der Waals surface area contributed by atoms with Gasteiger partial charge < -0.3 is 28.0 Å². The van der Waals surface area contributed by atoms with Gasteiger partial charge in [-0.1, -0.05) is 105 Å². The van der Waals surface area contributed by atoms with Crippen molar-refractivity contribution in [1.29, 1.82) is 0 Å². The molecule has 0 radical (unpaired) electrons. The highest BCUT2D eigenvalue weighted by Gasteiger charge is 2.53. The number of hydrogen-bond donors (Lipinski definition) is 0. The molecule has 0 spiro atoms. The Morgan fingerprint density at radius 2 is 0.825 bits per heavy atom. The maximum atomic E-state index is 14.2. The van der Waals surface area contributed by atoms with Crippen LogP contribution in [0.4, 0.5) is 0 Å². The minimum absolute atomic E-state index is 0.203. The first-order valence-corrected chi connectivity index (χ1v) is 23.7. The summed E-state index contributed by atoms with van der Waals surface area (Å²) in [7, 11) is -1.69. The average molecular weight is 883 g/mol. The Morgan fingerprint density at radius 3 is 1.19 bits per heavy atom. The lowest BCUT2D eigenvalue weighted by atomic mass is 9.99. The summed E-state index contributed by atoms with van der Waals surface area (Å²) >= 11 is 0. The van der Waals surface area contributed by atoms with E-state index in [1.165, 1.54) is 7.11 Å². The molecule has 1 saturated heterocycles. The fourth-order valence-electron chi connectivity index (χ4n) is 8.21. The Balaban J connectivity index is 1.43. The van der Waals surface area contributed by atoms with Crippen LogP contribution in [-0.2, 0) is 28.0 Å². The SMILES string of the molecule is COC1OC(COC(=O)c2ccccc2)C(OP(c2cc(C)cc(C)c2)c2cc(C)cc(C)c2)C(OP(c2cc(C)cc(C)c2)c2cc(C)cc(C)c2)C1OC(=O)c1ccccc1. The van der Waals surface area contributed by atoms with Crippen LogP contribution in [-0.4, -0.2) is 56.4 Å². The summed E-state index contributed by atoms with van der Waals surface area (Å²) < 4.78 is 40.7. The van der Waals surface area contributed by atoms with E-state index in [4.69, 9.17) is 28.0 Å². The molecule has 6 aromatic carbocycles. The fourth-order valence-corrected chi connectivity index (χ4v) is 12.8. The average Bonchev–Trinajstić information content (AvgIpc) is 3.23. The Hall–Kier alpha value is -5.04. The predicted octanol–water partition coefficient (Wildman–Crippen LogP) is 9.77. The van der Waals surface area contributed by atoms with Gasteiger partial charge in [-0.05, 0) is 128 Å². The summed E-state index contributed by atoms with van der Waals surface area (Å²) in [5, 5.41) is 3.95. The van der Waals surface area contributed by atoms with Crippen molar-refractivity contribution >= 4 is 49.5 Å². The zero-order valence-electron chi connectivity index (χ0n) is 37.5. The van der Waals surface area contributed by atoms with Gasteiger partial charge >= 0.3 is 11.9 Å². The second-order valence-electron chi connectivity index (χ2n) is 16.6. The highest BCUT2D eigenvalue weighted by Crippen LogP contribution is 2.47. The van der Waals surface area contributed by atoms with Gasteiger partial charge in [0.25, 0.3) is 0 Å². The third-order valence-electron chi connectivity index (χ3n) is 10.7. The third kappa shape index (κ3) is 11.6. The molecular formula is C53H56O8P2. The Morgan fingerprint density at radius 1 is 0.476 bits per heavy atom. The molecule has 326 valence electrons. The molecule has 0 saturated carbocycles. The van der Waals surface area contributed by atoms with Crippen LogP contribution >= 0.6 is 16.3 Å². The van der Waals surface area contributed by atoms with Crippen molar-refractivity contribution in [3.63, 3.8) is 0 Å². The molecule has 0 aromatic heterocycles. The zero-order valence-corrected chi connectivity index (χ0v) is 39.2. The van der Waals surface area contributed by atoms with Crippen LogP contribution in [0.25, 0.3) is 0 Å². The molecule has 0 amide bonds. The molecule has 5 atom stereocenters.